The van der Waals surface area contributed by atoms with Gasteiger partial charge in [0.05, 0.1) is 27.5 Å². The van der Waals surface area contributed by atoms with E-state index in [1.54, 1.807) is 39.5 Å². The summed E-state index contributed by atoms with van der Waals surface area (Å²) in [5.74, 6) is 1.97. The highest BCUT2D eigenvalue weighted by Crippen LogP contribution is 2.37. The minimum absolute atomic E-state index is 0.271. The Morgan fingerprint density at radius 3 is 2.41 bits per heavy atom. The first-order valence-corrected chi connectivity index (χ1v) is 8.91. The molecule has 148 valence electrons. The average Bonchev–Trinajstić information content (AvgIpc) is 3.11. The second-order valence-electron chi connectivity index (χ2n) is 6.37. The number of ether oxygens (including phenoxy) is 3. The molecule has 0 bridgehead atoms. The molecule has 2 aromatic carbocycles. The van der Waals surface area contributed by atoms with Crippen molar-refractivity contribution < 1.29 is 14.2 Å². The number of benzene rings is 2. The third-order valence-corrected chi connectivity index (χ3v) is 4.67. The molecule has 0 fully saturated rings. The number of aromatic amines is 1. The smallest absolute Gasteiger partial charge is 0.298 e. The second kappa shape index (κ2) is 7.31. The molecule has 2 aromatic heterocycles. The van der Waals surface area contributed by atoms with Gasteiger partial charge in [0.25, 0.3) is 5.56 Å². The van der Waals surface area contributed by atoms with Crippen molar-refractivity contribution in [3.8, 4) is 17.2 Å². The lowest BCUT2D eigenvalue weighted by molar-refractivity contribution is 0.324. The summed E-state index contributed by atoms with van der Waals surface area (Å²) in [5.41, 5.74) is 2.33. The van der Waals surface area contributed by atoms with Crippen molar-refractivity contribution in [1.29, 1.82) is 0 Å². The SMILES string of the molecule is COc1cc(/C=N/n2c(C)nc3c([nH]c4ccccc43)c2=O)cc(OC)c1OC. The van der Waals surface area contributed by atoms with E-state index in [-0.39, 0.29) is 5.56 Å². The molecule has 0 aliphatic carbocycles. The maximum absolute atomic E-state index is 13.0. The molecule has 29 heavy (non-hydrogen) atoms. The number of nitrogens with zero attached hydrogens (tertiary/aromatic N) is 3. The van der Waals surface area contributed by atoms with Crippen molar-refractivity contribution in [2.75, 3.05) is 21.3 Å². The van der Waals surface area contributed by atoms with E-state index in [1.807, 2.05) is 24.3 Å². The van der Waals surface area contributed by atoms with Crippen LogP contribution in [0.15, 0.2) is 46.3 Å². The molecule has 0 atom stereocenters. The molecule has 8 nitrogen and oxygen atoms in total. The minimum Gasteiger partial charge on any atom is -0.493 e. The third-order valence-electron chi connectivity index (χ3n) is 4.67. The third kappa shape index (κ3) is 3.08. The average molecular weight is 392 g/mol. The molecule has 0 radical (unpaired) electrons. The summed E-state index contributed by atoms with van der Waals surface area (Å²) in [4.78, 5) is 20.7. The van der Waals surface area contributed by atoms with E-state index in [2.05, 4.69) is 15.1 Å². The van der Waals surface area contributed by atoms with Crippen LogP contribution in [0.2, 0.25) is 0 Å². The lowest BCUT2D eigenvalue weighted by atomic mass is 10.2. The van der Waals surface area contributed by atoms with E-state index in [9.17, 15) is 4.79 Å². The van der Waals surface area contributed by atoms with Crippen LogP contribution in [-0.4, -0.2) is 42.2 Å². The predicted molar refractivity (Wildman–Crippen MR) is 112 cm³/mol. The Kier molecular flexibility index (Phi) is 4.67. The standard InChI is InChI=1S/C21H20N4O4/c1-12-23-18-14-7-5-6-8-15(14)24-19(18)21(26)25(12)22-11-13-9-16(27-2)20(29-4)17(10-13)28-3/h5-11,24H,1-4H3/b22-11+. The van der Waals surface area contributed by atoms with Crippen LogP contribution in [0.4, 0.5) is 0 Å². The second-order valence-corrected chi connectivity index (χ2v) is 6.37. The highest BCUT2D eigenvalue weighted by molar-refractivity contribution is 6.04. The van der Waals surface area contributed by atoms with Crippen LogP contribution in [-0.2, 0) is 0 Å². The molecule has 0 unspecified atom stereocenters. The van der Waals surface area contributed by atoms with Crippen LogP contribution < -0.4 is 19.8 Å². The predicted octanol–water partition coefficient (Wildman–Crippen LogP) is 3.09. The fraction of sp³-hybridized carbons (Fsp3) is 0.190. The quantitative estimate of drug-likeness (QED) is 0.527. The van der Waals surface area contributed by atoms with Crippen LogP contribution in [0.3, 0.4) is 0 Å². The van der Waals surface area contributed by atoms with Gasteiger partial charge in [-0.15, -0.1) is 0 Å². The summed E-state index contributed by atoms with van der Waals surface area (Å²) >= 11 is 0. The monoisotopic (exact) mass is 392 g/mol. The molecule has 0 amide bonds. The molecular formula is C21H20N4O4. The summed E-state index contributed by atoms with van der Waals surface area (Å²) in [5, 5.41) is 5.25. The summed E-state index contributed by atoms with van der Waals surface area (Å²) in [7, 11) is 4.62. The normalized spacial score (nSPS) is 11.4. The fourth-order valence-electron chi connectivity index (χ4n) is 3.30. The van der Waals surface area contributed by atoms with Crippen molar-refractivity contribution in [2.45, 2.75) is 6.92 Å². The molecule has 0 aliphatic rings. The first-order valence-electron chi connectivity index (χ1n) is 8.91. The summed E-state index contributed by atoms with van der Waals surface area (Å²) in [6, 6.07) is 11.2. The van der Waals surface area contributed by atoms with Gasteiger partial charge in [-0.05, 0) is 25.1 Å². The van der Waals surface area contributed by atoms with Gasteiger partial charge in [0.2, 0.25) is 5.75 Å². The van der Waals surface area contributed by atoms with Crippen molar-refractivity contribution in [3.63, 3.8) is 0 Å². The topological polar surface area (TPSA) is 90.7 Å². The first-order chi connectivity index (χ1) is 14.1. The maximum Gasteiger partial charge on any atom is 0.298 e. The molecule has 0 aliphatic heterocycles. The van der Waals surface area contributed by atoms with E-state index in [4.69, 9.17) is 14.2 Å². The molecular weight excluding hydrogens is 372 g/mol. The van der Waals surface area contributed by atoms with Gasteiger partial charge in [-0.1, -0.05) is 18.2 Å². The lowest BCUT2D eigenvalue weighted by Gasteiger charge is -2.12. The highest BCUT2D eigenvalue weighted by Gasteiger charge is 2.14. The Bertz CT molecular complexity index is 1280. The van der Waals surface area contributed by atoms with E-state index in [0.29, 0.717) is 39.7 Å². The van der Waals surface area contributed by atoms with Crippen LogP contribution in [0.1, 0.15) is 11.4 Å². The van der Waals surface area contributed by atoms with Crippen molar-refractivity contribution in [2.24, 2.45) is 5.10 Å². The van der Waals surface area contributed by atoms with Gasteiger partial charge in [-0.25, -0.2) is 4.98 Å². The van der Waals surface area contributed by atoms with Gasteiger partial charge >= 0.3 is 0 Å². The maximum atomic E-state index is 13.0. The van der Waals surface area contributed by atoms with Crippen LogP contribution >= 0.6 is 0 Å². The van der Waals surface area contributed by atoms with Crippen molar-refractivity contribution in [3.05, 3.63) is 58.1 Å². The number of hydrogen-bond acceptors (Lipinski definition) is 6. The Morgan fingerprint density at radius 1 is 1.07 bits per heavy atom. The molecule has 2 heterocycles. The zero-order valence-corrected chi connectivity index (χ0v) is 16.5. The molecule has 0 saturated carbocycles. The summed E-state index contributed by atoms with van der Waals surface area (Å²) < 4.78 is 17.3. The zero-order valence-electron chi connectivity index (χ0n) is 16.5. The van der Waals surface area contributed by atoms with Gasteiger partial charge in [0.15, 0.2) is 11.5 Å². The molecule has 1 N–H and O–H groups in total. The molecule has 0 saturated heterocycles. The lowest BCUT2D eigenvalue weighted by Crippen LogP contribution is -2.20. The molecule has 4 rings (SSSR count). The number of methoxy groups -OCH3 is 3. The number of para-hydroxylation sites is 1. The van der Waals surface area contributed by atoms with Crippen LogP contribution in [0, 0.1) is 6.92 Å². The summed E-state index contributed by atoms with van der Waals surface area (Å²) in [6.07, 6.45) is 1.55. The number of rotatable bonds is 5. The highest BCUT2D eigenvalue weighted by atomic mass is 16.5. The van der Waals surface area contributed by atoms with Crippen molar-refractivity contribution in [1.82, 2.24) is 14.6 Å². The number of fused-ring (bicyclic) bond motifs is 3. The van der Waals surface area contributed by atoms with Crippen molar-refractivity contribution >= 4 is 28.2 Å². The fourth-order valence-corrected chi connectivity index (χ4v) is 3.30. The Hall–Kier alpha value is -3.81. The van der Waals surface area contributed by atoms with Gasteiger partial charge < -0.3 is 19.2 Å². The number of nitrogens with one attached hydrogen (secondary N) is 1. The molecule has 4 aromatic rings. The van der Waals surface area contributed by atoms with E-state index >= 15 is 0 Å². The molecule has 8 heteroatoms. The van der Waals surface area contributed by atoms with Gasteiger partial charge in [-0.3, -0.25) is 4.79 Å². The zero-order chi connectivity index (χ0) is 20.5. The largest absolute Gasteiger partial charge is 0.493 e. The van der Waals surface area contributed by atoms with Gasteiger partial charge in [0.1, 0.15) is 16.9 Å². The first kappa shape index (κ1) is 18.5. The Morgan fingerprint density at radius 2 is 1.76 bits per heavy atom. The van der Waals surface area contributed by atoms with E-state index in [1.165, 1.54) is 11.8 Å². The molecule has 0 spiro atoms. The van der Waals surface area contributed by atoms with Crippen LogP contribution in [0.5, 0.6) is 17.2 Å². The van der Waals surface area contributed by atoms with Gasteiger partial charge in [-0.2, -0.15) is 9.78 Å². The number of aryl methyl sites for hydroxylation is 1. The van der Waals surface area contributed by atoms with Gasteiger partial charge in [0, 0.05) is 16.5 Å². The summed E-state index contributed by atoms with van der Waals surface area (Å²) in [6.45, 7) is 1.75. The number of aromatic nitrogens is 3. The number of hydrogen-bond donors (Lipinski definition) is 1. The van der Waals surface area contributed by atoms with E-state index < -0.39 is 0 Å². The van der Waals surface area contributed by atoms with Crippen LogP contribution in [0.25, 0.3) is 21.9 Å². The van der Waals surface area contributed by atoms with E-state index in [0.717, 1.165) is 10.9 Å². The minimum atomic E-state index is -0.271. The Labute approximate surface area is 166 Å². The number of H-pyrrole nitrogens is 1. The Balaban J connectivity index is 1.83.